The van der Waals surface area contributed by atoms with Crippen molar-refractivity contribution in [1.29, 1.82) is 5.26 Å². The number of aldehydes is 1. The van der Waals surface area contributed by atoms with Gasteiger partial charge in [-0.15, -0.1) is 0 Å². The lowest BCUT2D eigenvalue weighted by Gasteiger charge is -2.27. The Kier molecular flexibility index (Phi) is 4.68. The molecular formula is C13H16N2O2. The van der Waals surface area contributed by atoms with Crippen LogP contribution in [0.3, 0.4) is 0 Å². The van der Waals surface area contributed by atoms with Crippen molar-refractivity contribution in [2.45, 2.75) is 13.0 Å². The molecule has 0 bridgehead atoms. The van der Waals surface area contributed by atoms with Gasteiger partial charge in [-0.25, -0.2) is 0 Å². The minimum atomic E-state index is 0.161. The molecule has 0 aliphatic heterocycles. The van der Waals surface area contributed by atoms with Gasteiger partial charge in [-0.05, 0) is 25.1 Å². The SMILES string of the molecule is COCC(C)N(C)c1ccc(C=O)cc1C#N. The van der Waals surface area contributed by atoms with Crippen LogP contribution >= 0.6 is 0 Å². The van der Waals surface area contributed by atoms with Gasteiger partial charge in [0.15, 0.2) is 0 Å². The van der Waals surface area contributed by atoms with Crippen LogP contribution in [0.5, 0.6) is 0 Å². The Morgan fingerprint density at radius 3 is 2.82 bits per heavy atom. The molecule has 17 heavy (non-hydrogen) atoms. The van der Waals surface area contributed by atoms with Gasteiger partial charge < -0.3 is 9.64 Å². The molecule has 0 heterocycles. The Labute approximate surface area is 101 Å². The molecule has 0 spiro atoms. The number of ether oxygens (including phenoxy) is 1. The van der Waals surface area contributed by atoms with Gasteiger partial charge in [0.25, 0.3) is 0 Å². The molecule has 0 aliphatic rings. The molecule has 0 amide bonds. The lowest BCUT2D eigenvalue weighted by atomic mass is 10.1. The minimum absolute atomic E-state index is 0.161. The van der Waals surface area contributed by atoms with E-state index in [1.165, 1.54) is 0 Å². The summed E-state index contributed by atoms with van der Waals surface area (Å²) in [6.07, 6.45) is 0.739. The van der Waals surface area contributed by atoms with E-state index in [9.17, 15) is 4.79 Å². The Hall–Kier alpha value is -1.86. The third-order valence-electron chi connectivity index (χ3n) is 2.73. The van der Waals surface area contributed by atoms with Crippen molar-refractivity contribution in [2.75, 3.05) is 25.7 Å². The second kappa shape index (κ2) is 6.02. The maximum Gasteiger partial charge on any atom is 0.150 e. The number of methoxy groups -OCH3 is 1. The van der Waals surface area contributed by atoms with Crippen LogP contribution in [0.15, 0.2) is 18.2 Å². The third kappa shape index (κ3) is 3.05. The summed E-state index contributed by atoms with van der Waals surface area (Å²) in [5.74, 6) is 0. The molecular weight excluding hydrogens is 216 g/mol. The molecule has 1 aromatic carbocycles. The fourth-order valence-electron chi connectivity index (χ4n) is 1.61. The number of hydrogen-bond acceptors (Lipinski definition) is 4. The average molecular weight is 232 g/mol. The number of rotatable bonds is 5. The number of anilines is 1. The van der Waals surface area contributed by atoms with Crippen molar-refractivity contribution in [2.24, 2.45) is 0 Å². The van der Waals surface area contributed by atoms with Gasteiger partial charge in [0.1, 0.15) is 12.4 Å². The number of carbonyl (C=O) groups excluding carboxylic acids is 1. The van der Waals surface area contributed by atoms with Crippen molar-refractivity contribution >= 4 is 12.0 Å². The largest absolute Gasteiger partial charge is 0.383 e. The van der Waals surface area contributed by atoms with E-state index in [1.54, 1.807) is 25.3 Å². The lowest BCUT2D eigenvalue weighted by molar-refractivity contribution is 0.112. The molecule has 0 saturated carbocycles. The number of nitrogens with zero attached hydrogens (tertiary/aromatic N) is 2. The molecule has 4 heteroatoms. The summed E-state index contributed by atoms with van der Waals surface area (Å²) in [7, 11) is 3.55. The van der Waals surface area contributed by atoms with E-state index in [4.69, 9.17) is 10.00 Å². The molecule has 1 unspecified atom stereocenters. The highest BCUT2D eigenvalue weighted by Crippen LogP contribution is 2.21. The molecule has 0 radical (unpaired) electrons. The lowest BCUT2D eigenvalue weighted by Crippen LogP contribution is -2.33. The van der Waals surface area contributed by atoms with E-state index in [0.717, 1.165) is 12.0 Å². The van der Waals surface area contributed by atoms with Crippen LogP contribution in [-0.2, 0) is 4.74 Å². The first-order chi connectivity index (χ1) is 8.13. The highest BCUT2D eigenvalue weighted by molar-refractivity contribution is 5.78. The van der Waals surface area contributed by atoms with Crippen molar-refractivity contribution in [3.8, 4) is 6.07 Å². The second-order valence-electron chi connectivity index (χ2n) is 3.92. The van der Waals surface area contributed by atoms with Crippen LogP contribution in [0.2, 0.25) is 0 Å². The zero-order valence-electron chi connectivity index (χ0n) is 10.3. The van der Waals surface area contributed by atoms with Crippen molar-refractivity contribution in [1.82, 2.24) is 0 Å². The topological polar surface area (TPSA) is 53.3 Å². The maximum absolute atomic E-state index is 10.6. The standard InChI is InChI=1S/C13H16N2O2/c1-10(9-17-3)15(2)13-5-4-11(8-16)6-12(13)7-14/h4-6,8,10H,9H2,1-3H3. The van der Waals surface area contributed by atoms with Crippen molar-refractivity contribution in [3.63, 3.8) is 0 Å². The van der Waals surface area contributed by atoms with E-state index < -0.39 is 0 Å². The summed E-state index contributed by atoms with van der Waals surface area (Å²) < 4.78 is 5.08. The second-order valence-corrected chi connectivity index (χ2v) is 3.92. The highest BCUT2D eigenvalue weighted by Gasteiger charge is 2.13. The first-order valence-electron chi connectivity index (χ1n) is 5.35. The minimum Gasteiger partial charge on any atom is -0.383 e. The molecule has 0 aliphatic carbocycles. The number of likely N-dealkylation sites (N-methyl/N-ethyl adjacent to an activating group) is 1. The molecule has 0 aromatic heterocycles. The molecule has 1 rings (SSSR count). The first kappa shape index (κ1) is 13.2. The van der Waals surface area contributed by atoms with E-state index in [1.807, 2.05) is 18.9 Å². The zero-order chi connectivity index (χ0) is 12.8. The van der Waals surface area contributed by atoms with Crippen LogP contribution in [0.25, 0.3) is 0 Å². The number of carbonyl (C=O) groups is 1. The molecule has 0 fully saturated rings. The summed E-state index contributed by atoms with van der Waals surface area (Å²) in [5, 5.41) is 9.08. The van der Waals surface area contributed by atoms with Gasteiger partial charge >= 0.3 is 0 Å². The predicted octanol–water partition coefficient (Wildman–Crippen LogP) is 1.84. The smallest absolute Gasteiger partial charge is 0.150 e. The van der Waals surface area contributed by atoms with Crippen LogP contribution in [0.4, 0.5) is 5.69 Å². The van der Waals surface area contributed by atoms with E-state index >= 15 is 0 Å². The maximum atomic E-state index is 10.6. The van der Waals surface area contributed by atoms with Crippen molar-refractivity contribution in [3.05, 3.63) is 29.3 Å². The average Bonchev–Trinajstić information content (AvgIpc) is 2.37. The van der Waals surface area contributed by atoms with Gasteiger partial charge in [-0.3, -0.25) is 4.79 Å². The van der Waals surface area contributed by atoms with Crippen LogP contribution in [0.1, 0.15) is 22.8 Å². The molecule has 90 valence electrons. The van der Waals surface area contributed by atoms with Gasteiger partial charge in [0.05, 0.1) is 17.9 Å². The van der Waals surface area contributed by atoms with Gasteiger partial charge in [0, 0.05) is 25.8 Å². The Balaban J connectivity index is 3.05. The normalized spacial score (nSPS) is 11.6. The third-order valence-corrected chi connectivity index (χ3v) is 2.73. The van der Waals surface area contributed by atoms with Crippen LogP contribution in [-0.4, -0.2) is 33.1 Å². The zero-order valence-corrected chi connectivity index (χ0v) is 10.3. The fraction of sp³-hybridized carbons (Fsp3) is 0.385. The Morgan fingerprint density at radius 2 is 2.29 bits per heavy atom. The summed E-state index contributed by atoms with van der Waals surface area (Å²) in [6, 6.07) is 7.36. The molecule has 4 nitrogen and oxygen atoms in total. The fourth-order valence-corrected chi connectivity index (χ4v) is 1.61. The monoisotopic (exact) mass is 232 g/mol. The Bertz CT molecular complexity index is 438. The van der Waals surface area contributed by atoms with Crippen LogP contribution in [0, 0.1) is 11.3 Å². The van der Waals surface area contributed by atoms with Crippen LogP contribution < -0.4 is 4.90 Å². The summed E-state index contributed by atoms with van der Waals surface area (Å²) in [5.41, 5.74) is 1.82. The van der Waals surface area contributed by atoms with Gasteiger partial charge in [0.2, 0.25) is 0 Å². The highest BCUT2D eigenvalue weighted by atomic mass is 16.5. The van der Waals surface area contributed by atoms with E-state index in [-0.39, 0.29) is 6.04 Å². The Morgan fingerprint density at radius 1 is 1.59 bits per heavy atom. The predicted molar refractivity (Wildman–Crippen MR) is 66.3 cm³/mol. The summed E-state index contributed by atoms with van der Waals surface area (Å²) >= 11 is 0. The van der Waals surface area contributed by atoms with Gasteiger partial charge in [-0.1, -0.05) is 0 Å². The van der Waals surface area contributed by atoms with E-state index in [2.05, 4.69) is 6.07 Å². The molecule has 1 atom stereocenters. The van der Waals surface area contributed by atoms with E-state index in [0.29, 0.717) is 17.7 Å². The molecule has 0 saturated heterocycles. The van der Waals surface area contributed by atoms with Crippen molar-refractivity contribution < 1.29 is 9.53 Å². The molecule has 0 N–H and O–H groups in total. The van der Waals surface area contributed by atoms with Gasteiger partial charge in [-0.2, -0.15) is 5.26 Å². The quantitative estimate of drug-likeness (QED) is 0.727. The molecule has 1 aromatic rings. The summed E-state index contributed by atoms with van der Waals surface area (Å²) in [6.45, 7) is 2.59. The number of nitriles is 1. The first-order valence-corrected chi connectivity index (χ1v) is 5.35. The summed E-state index contributed by atoms with van der Waals surface area (Å²) in [4.78, 5) is 12.6. The number of benzene rings is 1. The number of hydrogen-bond donors (Lipinski definition) is 0.